The van der Waals surface area contributed by atoms with Gasteiger partial charge in [0.15, 0.2) is 6.17 Å². The molecule has 144 valence electrons. The van der Waals surface area contributed by atoms with Crippen molar-refractivity contribution >= 4 is 11.4 Å². The molecule has 6 nitrogen and oxygen atoms in total. The molecule has 0 saturated carbocycles. The summed E-state index contributed by atoms with van der Waals surface area (Å²) in [6, 6.07) is 6.21. The Bertz CT molecular complexity index is 785. The first kappa shape index (κ1) is 17.7. The number of hydrogen-bond donors (Lipinski definition) is 2. The van der Waals surface area contributed by atoms with E-state index in [0.29, 0.717) is 11.6 Å². The van der Waals surface area contributed by atoms with E-state index < -0.39 is 6.36 Å². The Labute approximate surface area is 154 Å². The third kappa shape index (κ3) is 4.19. The van der Waals surface area contributed by atoms with Crippen molar-refractivity contribution in [1.29, 1.82) is 0 Å². The monoisotopic (exact) mass is 380 g/mol. The number of nitrogens with one attached hydrogen (secondary N) is 2. The van der Waals surface area contributed by atoms with Gasteiger partial charge in [-0.15, -0.1) is 13.2 Å². The van der Waals surface area contributed by atoms with E-state index in [0.717, 1.165) is 37.5 Å². The van der Waals surface area contributed by atoms with E-state index in [1.54, 1.807) is 17.3 Å². The second-order valence-corrected chi connectivity index (χ2v) is 6.45. The summed E-state index contributed by atoms with van der Waals surface area (Å²) < 4.78 is 46.8. The maximum atomic E-state index is 12.5. The summed E-state index contributed by atoms with van der Waals surface area (Å²) in [5, 5.41) is 5.21. The number of hydrogen-bond acceptors (Lipinski definition) is 6. The van der Waals surface area contributed by atoms with Gasteiger partial charge in [0.05, 0.1) is 0 Å². The fraction of sp³-hybridized carbons (Fsp3) is 0.389. The number of hydrazine groups is 1. The highest BCUT2D eigenvalue weighted by atomic mass is 19.4. The lowest BCUT2D eigenvalue weighted by Gasteiger charge is -2.29. The molecule has 3 heterocycles. The quantitative estimate of drug-likeness (QED) is 0.845. The lowest BCUT2D eigenvalue weighted by Crippen LogP contribution is -2.43. The zero-order valence-corrected chi connectivity index (χ0v) is 14.4. The molecule has 1 atom stereocenters. The van der Waals surface area contributed by atoms with Crippen LogP contribution in [0.3, 0.4) is 0 Å². The minimum Gasteiger partial charge on any atom is -0.406 e. The lowest BCUT2D eigenvalue weighted by molar-refractivity contribution is -0.274. The SMILES string of the molecule is FC(F)(F)Oc1cccc(C2=CNN3C=CC(NC4CCOCC4)=NC23)c1. The molecule has 0 bridgehead atoms. The van der Waals surface area contributed by atoms with Crippen molar-refractivity contribution in [3.05, 3.63) is 48.3 Å². The summed E-state index contributed by atoms with van der Waals surface area (Å²) >= 11 is 0. The number of rotatable bonds is 3. The van der Waals surface area contributed by atoms with Crippen LogP contribution in [0.15, 0.2) is 47.7 Å². The smallest absolute Gasteiger partial charge is 0.406 e. The van der Waals surface area contributed by atoms with Crippen LogP contribution in [0.4, 0.5) is 13.2 Å². The van der Waals surface area contributed by atoms with Crippen LogP contribution >= 0.6 is 0 Å². The minimum atomic E-state index is -4.72. The maximum Gasteiger partial charge on any atom is 0.573 e. The van der Waals surface area contributed by atoms with E-state index in [1.807, 2.05) is 12.3 Å². The van der Waals surface area contributed by atoms with Crippen molar-refractivity contribution in [2.24, 2.45) is 4.99 Å². The molecule has 1 saturated heterocycles. The molecule has 1 unspecified atom stereocenters. The molecular weight excluding hydrogens is 361 g/mol. The van der Waals surface area contributed by atoms with Crippen molar-refractivity contribution in [2.75, 3.05) is 13.2 Å². The van der Waals surface area contributed by atoms with Crippen molar-refractivity contribution in [2.45, 2.75) is 31.4 Å². The topological polar surface area (TPSA) is 58.1 Å². The molecule has 0 spiro atoms. The van der Waals surface area contributed by atoms with Crippen LogP contribution in [-0.2, 0) is 4.74 Å². The van der Waals surface area contributed by atoms with Crippen LogP contribution in [0.25, 0.3) is 5.57 Å². The van der Waals surface area contributed by atoms with Gasteiger partial charge >= 0.3 is 6.36 Å². The number of ether oxygens (including phenoxy) is 2. The predicted molar refractivity (Wildman–Crippen MR) is 93.4 cm³/mol. The average Bonchev–Trinajstić information content (AvgIpc) is 3.05. The second kappa shape index (κ2) is 7.15. The van der Waals surface area contributed by atoms with E-state index in [2.05, 4.69) is 15.5 Å². The Morgan fingerprint density at radius 3 is 2.85 bits per heavy atom. The van der Waals surface area contributed by atoms with Crippen molar-refractivity contribution in [3.63, 3.8) is 0 Å². The number of benzene rings is 1. The molecule has 2 N–H and O–H groups in total. The molecule has 3 aliphatic heterocycles. The van der Waals surface area contributed by atoms with E-state index in [-0.39, 0.29) is 11.9 Å². The van der Waals surface area contributed by atoms with Gasteiger partial charge in [-0.2, -0.15) is 0 Å². The zero-order chi connectivity index (χ0) is 18.9. The van der Waals surface area contributed by atoms with Gasteiger partial charge in [0.1, 0.15) is 11.6 Å². The fourth-order valence-corrected chi connectivity index (χ4v) is 3.26. The van der Waals surface area contributed by atoms with Gasteiger partial charge < -0.3 is 20.2 Å². The van der Waals surface area contributed by atoms with Crippen LogP contribution in [0, 0.1) is 0 Å². The van der Waals surface area contributed by atoms with Gasteiger partial charge in [0, 0.05) is 37.2 Å². The van der Waals surface area contributed by atoms with Gasteiger partial charge in [-0.1, -0.05) is 12.1 Å². The van der Waals surface area contributed by atoms with Crippen LogP contribution in [-0.4, -0.2) is 42.6 Å². The lowest BCUT2D eigenvalue weighted by atomic mass is 10.0. The summed E-state index contributed by atoms with van der Waals surface area (Å²) in [7, 11) is 0. The second-order valence-electron chi connectivity index (χ2n) is 6.45. The first-order chi connectivity index (χ1) is 13.0. The molecule has 0 aromatic heterocycles. The van der Waals surface area contributed by atoms with Crippen molar-refractivity contribution < 1.29 is 22.6 Å². The maximum absolute atomic E-state index is 12.5. The third-order valence-corrected chi connectivity index (χ3v) is 4.54. The Morgan fingerprint density at radius 1 is 1.26 bits per heavy atom. The van der Waals surface area contributed by atoms with Crippen molar-refractivity contribution in [3.8, 4) is 5.75 Å². The Balaban J connectivity index is 1.51. The molecule has 1 fully saturated rings. The number of nitrogens with zero attached hydrogens (tertiary/aromatic N) is 2. The third-order valence-electron chi connectivity index (χ3n) is 4.54. The van der Waals surface area contributed by atoms with Crippen LogP contribution in [0.5, 0.6) is 5.75 Å². The highest BCUT2D eigenvalue weighted by molar-refractivity contribution is 5.95. The van der Waals surface area contributed by atoms with Gasteiger partial charge in [0.2, 0.25) is 0 Å². The Kier molecular flexibility index (Phi) is 4.69. The van der Waals surface area contributed by atoms with Gasteiger partial charge in [0.25, 0.3) is 0 Å². The van der Waals surface area contributed by atoms with Gasteiger partial charge in [-0.25, -0.2) is 4.99 Å². The van der Waals surface area contributed by atoms with Crippen LogP contribution < -0.4 is 15.5 Å². The Hall–Kier alpha value is -2.68. The number of amidine groups is 1. The highest BCUT2D eigenvalue weighted by Gasteiger charge is 2.32. The number of aliphatic imine (C=N–C) groups is 1. The minimum absolute atomic E-state index is 0.254. The molecule has 0 aliphatic carbocycles. The first-order valence-electron chi connectivity index (χ1n) is 8.69. The summed E-state index contributed by atoms with van der Waals surface area (Å²) in [4.78, 5) is 4.71. The number of alkyl halides is 3. The first-order valence-corrected chi connectivity index (χ1v) is 8.69. The molecule has 4 rings (SSSR count). The van der Waals surface area contributed by atoms with E-state index in [9.17, 15) is 13.2 Å². The summed E-state index contributed by atoms with van der Waals surface area (Å²) in [5.74, 6) is 0.496. The number of halogens is 3. The standard InChI is InChI=1S/C18H19F3N4O2/c19-18(20,21)27-14-3-1-2-12(10-14)15-11-22-25-7-4-16(24-17(15)25)23-13-5-8-26-9-6-13/h1-4,7,10-11,13,17,22H,5-6,8-9H2,(H,23,24). The summed E-state index contributed by atoms with van der Waals surface area (Å²) in [6.07, 6.45) is 2.22. The molecule has 1 aromatic carbocycles. The molecule has 3 aliphatic rings. The van der Waals surface area contributed by atoms with Gasteiger partial charge in [-0.3, -0.25) is 5.01 Å². The van der Waals surface area contributed by atoms with E-state index in [4.69, 9.17) is 9.73 Å². The zero-order valence-electron chi connectivity index (χ0n) is 14.4. The molecule has 0 amide bonds. The Morgan fingerprint density at radius 2 is 2.07 bits per heavy atom. The molecule has 9 heteroatoms. The highest BCUT2D eigenvalue weighted by Crippen LogP contribution is 2.32. The largest absolute Gasteiger partial charge is 0.573 e. The molecular formula is C18H19F3N4O2. The fourth-order valence-electron chi connectivity index (χ4n) is 3.26. The molecule has 27 heavy (non-hydrogen) atoms. The average molecular weight is 380 g/mol. The van der Waals surface area contributed by atoms with Crippen LogP contribution in [0.2, 0.25) is 0 Å². The van der Waals surface area contributed by atoms with Gasteiger partial charge in [-0.05, 0) is 36.6 Å². The van der Waals surface area contributed by atoms with E-state index in [1.165, 1.54) is 18.2 Å². The van der Waals surface area contributed by atoms with Crippen molar-refractivity contribution in [1.82, 2.24) is 15.8 Å². The summed E-state index contributed by atoms with van der Waals surface area (Å²) in [6.45, 7) is 1.45. The summed E-state index contributed by atoms with van der Waals surface area (Å²) in [5.41, 5.74) is 4.44. The predicted octanol–water partition coefficient (Wildman–Crippen LogP) is 2.77. The number of fused-ring (bicyclic) bond motifs is 1. The normalized spacial score (nSPS) is 22.6. The molecule has 1 aromatic rings. The molecule has 0 radical (unpaired) electrons. The van der Waals surface area contributed by atoms with E-state index >= 15 is 0 Å². The van der Waals surface area contributed by atoms with Crippen LogP contribution in [0.1, 0.15) is 18.4 Å².